The average Bonchev–Trinajstić information content (AvgIpc) is 2.42. The highest BCUT2D eigenvalue weighted by Crippen LogP contribution is 2.36. The van der Waals surface area contributed by atoms with E-state index in [4.69, 9.17) is 11.6 Å². The molecule has 21 heavy (non-hydrogen) atoms. The second-order valence-corrected chi connectivity index (χ2v) is 5.96. The van der Waals surface area contributed by atoms with Gasteiger partial charge in [-0.1, -0.05) is 48.4 Å². The smallest absolute Gasteiger partial charge is 0.167 e. The number of ketones is 1. The van der Waals surface area contributed by atoms with Crippen LogP contribution in [0.1, 0.15) is 46.7 Å². The van der Waals surface area contributed by atoms with Gasteiger partial charge in [0.15, 0.2) is 5.78 Å². The second-order valence-electron chi connectivity index (χ2n) is 5.55. The van der Waals surface area contributed by atoms with Crippen LogP contribution in [0.5, 0.6) is 0 Å². The quantitative estimate of drug-likeness (QED) is 0.712. The molecular formula is C18H16ClFO. The molecule has 1 saturated carbocycles. The van der Waals surface area contributed by atoms with Crippen molar-refractivity contribution in [1.29, 1.82) is 0 Å². The second kappa shape index (κ2) is 5.98. The zero-order valence-corrected chi connectivity index (χ0v) is 12.4. The Morgan fingerprint density at radius 2 is 1.86 bits per heavy atom. The maximum Gasteiger partial charge on any atom is 0.167 e. The lowest BCUT2D eigenvalue weighted by atomic mass is 9.80. The van der Waals surface area contributed by atoms with Crippen LogP contribution in [0.4, 0.5) is 4.39 Å². The molecule has 1 fully saturated rings. The first-order valence-corrected chi connectivity index (χ1v) is 7.59. The zero-order valence-electron chi connectivity index (χ0n) is 11.6. The van der Waals surface area contributed by atoms with Crippen LogP contribution in [0, 0.1) is 5.82 Å². The van der Waals surface area contributed by atoms with Gasteiger partial charge in [-0.05, 0) is 36.5 Å². The number of halogens is 2. The average molecular weight is 303 g/mol. The molecule has 1 aliphatic rings. The maximum absolute atomic E-state index is 13.7. The molecule has 0 amide bonds. The number of Topliss-reactive ketones (excluding diaryl/α,β-unsaturated/α-hetero) is 1. The van der Waals surface area contributed by atoms with Gasteiger partial charge in [0.1, 0.15) is 5.82 Å². The van der Waals surface area contributed by atoms with Gasteiger partial charge < -0.3 is 0 Å². The van der Waals surface area contributed by atoms with Crippen molar-refractivity contribution in [2.24, 2.45) is 0 Å². The van der Waals surface area contributed by atoms with Crippen molar-refractivity contribution >= 4 is 17.4 Å². The Labute approximate surface area is 128 Å². The third-order valence-electron chi connectivity index (χ3n) is 4.21. The maximum atomic E-state index is 13.7. The summed E-state index contributed by atoms with van der Waals surface area (Å²) in [6.07, 6.45) is 3.75. The van der Waals surface area contributed by atoms with E-state index in [2.05, 4.69) is 0 Å². The first-order valence-electron chi connectivity index (χ1n) is 7.21. The molecule has 0 spiro atoms. The molecule has 0 heterocycles. The van der Waals surface area contributed by atoms with Crippen molar-refractivity contribution < 1.29 is 9.18 Å². The molecule has 0 aromatic heterocycles. The molecule has 2 aromatic carbocycles. The minimum absolute atomic E-state index is 0.00567. The van der Waals surface area contributed by atoms with Crippen LogP contribution in [0.2, 0.25) is 5.02 Å². The van der Waals surface area contributed by atoms with Crippen molar-refractivity contribution in [3.8, 4) is 0 Å². The molecule has 1 nitrogen and oxygen atoms in total. The van der Waals surface area contributed by atoms with Crippen molar-refractivity contribution in [2.75, 3.05) is 0 Å². The van der Waals surface area contributed by atoms with Crippen molar-refractivity contribution in [3.63, 3.8) is 0 Å². The summed E-state index contributed by atoms with van der Waals surface area (Å²) in [5.41, 5.74) is 2.17. The normalized spacial score (nSPS) is 14.8. The summed E-state index contributed by atoms with van der Waals surface area (Å²) in [5, 5.41) is 0.300. The fourth-order valence-corrected chi connectivity index (χ4v) is 2.88. The standard InChI is InChI=1S/C18H16ClFO/c19-16-5-2-6-17(20)15(16)11-18(21)14-9-7-13(8-10-14)12-3-1-4-12/h2,5-10,12H,1,3-4,11H2. The Bertz CT molecular complexity index is 639. The third kappa shape index (κ3) is 3.01. The van der Waals surface area contributed by atoms with Gasteiger partial charge in [0.2, 0.25) is 0 Å². The molecule has 0 N–H and O–H groups in total. The van der Waals surface area contributed by atoms with Crippen LogP contribution in [-0.2, 0) is 6.42 Å². The van der Waals surface area contributed by atoms with Crippen molar-refractivity contribution in [2.45, 2.75) is 31.6 Å². The Kier molecular flexibility index (Phi) is 4.07. The highest BCUT2D eigenvalue weighted by Gasteiger charge is 2.20. The van der Waals surface area contributed by atoms with E-state index in [1.54, 1.807) is 12.1 Å². The van der Waals surface area contributed by atoms with E-state index in [1.807, 2.05) is 24.3 Å². The molecular weight excluding hydrogens is 287 g/mol. The van der Waals surface area contributed by atoms with E-state index in [0.29, 0.717) is 16.5 Å². The number of hydrogen-bond donors (Lipinski definition) is 0. The molecule has 0 bridgehead atoms. The topological polar surface area (TPSA) is 17.1 Å². The number of rotatable bonds is 4. The summed E-state index contributed by atoms with van der Waals surface area (Å²) in [6.45, 7) is 0. The van der Waals surface area contributed by atoms with Crippen LogP contribution in [0.3, 0.4) is 0 Å². The summed E-state index contributed by atoms with van der Waals surface area (Å²) in [7, 11) is 0. The van der Waals surface area contributed by atoms with Crippen molar-refractivity contribution in [1.82, 2.24) is 0 Å². The summed E-state index contributed by atoms with van der Waals surface area (Å²) in [5.74, 6) is 0.110. The van der Waals surface area contributed by atoms with Crippen LogP contribution < -0.4 is 0 Å². The molecule has 0 unspecified atom stereocenters. The van der Waals surface area contributed by atoms with E-state index in [0.717, 1.165) is 0 Å². The highest BCUT2D eigenvalue weighted by atomic mass is 35.5. The van der Waals surface area contributed by atoms with Crippen molar-refractivity contribution in [3.05, 3.63) is 70.0 Å². The Morgan fingerprint density at radius 1 is 1.14 bits per heavy atom. The molecule has 3 heteroatoms. The largest absolute Gasteiger partial charge is 0.294 e. The van der Waals surface area contributed by atoms with E-state index in [9.17, 15) is 9.18 Å². The van der Waals surface area contributed by atoms with Gasteiger partial charge >= 0.3 is 0 Å². The van der Waals surface area contributed by atoms with Gasteiger partial charge in [-0.15, -0.1) is 0 Å². The molecule has 1 aliphatic carbocycles. The van der Waals surface area contributed by atoms with E-state index in [-0.39, 0.29) is 17.8 Å². The molecule has 108 valence electrons. The summed E-state index contributed by atoms with van der Waals surface area (Å²) in [6, 6.07) is 12.2. The molecule has 0 atom stereocenters. The van der Waals surface area contributed by atoms with E-state index < -0.39 is 5.82 Å². The number of carbonyl (C=O) groups excluding carboxylic acids is 1. The Hall–Kier alpha value is -1.67. The monoisotopic (exact) mass is 302 g/mol. The van der Waals surface area contributed by atoms with E-state index in [1.165, 1.54) is 30.9 Å². The van der Waals surface area contributed by atoms with Gasteiger partial charge in [-0.25, -0.2) is 4.39 Å². The first kappa shape index (κ1) is 14.3. The van der Waals surface area contributed by atoms with Gasteiger partial charge in [0.05, 0.1) is 0 Å². The van der Waals surface area contributed by atoms with Gasteiger partial charge in [-0.2, -0.15) is 0 Å². The summed E-state index contributed by atoms with van der Waals surface area (Å²) >= 11 is 5.96. The summed E-state index contributed by atoms with van der Waals surface area (Å²) < 4.78 is 13.7. The van der Waals surface area contributed by atoms with Crippen LogP contribution in [-0.4, -0.2) is 5.78 Å². The highest BCUT2D eigenvalue weighted by molar-refractivity contribution is 6.31. The molecule has 0 saturated heterocycles. The van der Waals surface area contributed by atoms with Crippen LogP contribution in [0.25, 0.3) is 0 Å². The van der Waals surface area contributed by atoms with Gasteiger partial charge in [0, 0.05) is 22.6 Å². The number of hydrogen-bond acceptors (Lipinski definition) is 1. The lowest BCUT2D eigenvalue weighted by Gasteiger charge is -2.25. The number of carbonyl (C=O) groups is 1. The van der Waals surface area contributed by atoms with Gasteiger partial charge in [0.25, 0.3) is 0 Å². The molecule has 2 aromatic rings. The van der Waals surface area contributed by atoms with Crippen LogP contribution in [0.15, 0.2) is 42.5 Å². The molecule has 0 radical (unpaired) electrons. The minimum Gasteiger partial charge on any atom is -0.294 e. The minimum atomic E-state index is -0.429. The fourth-order valence-electron chi connectivity index (χ4n) is 2.65. The Balaban J connectivity index is 1.76. The van der Waals surface area contributed by atoms with Crippen LogP contribution >= 0.6 is 11.6 Å². The lowest BCUT2D eigenvalue weighted by Crippen LogP contribution is -2.10. The fraction of sp³-hybridized carbons (Fsp3) is 0.278. The summed E-state index contributed by atoms with van der Waals surface area (Å²) in [4.78, 5) is 12.3. The van der Waals surface area contributed by atoms with Gasteiger partial charge in [-0.3, -0.25) is 4.79 Å². The Morgan fingerprint density at radius 3 is 2.43 bits per heavy atom. The number of benzene rings is 2. The predicted molar refractivity (Wildman–Crippen MR) is 82.5 cm³/mol. The predicted octanol–water partition coefficient (Wildman–Crippen LogP) is 5.17. The molecule has 0 aliphatic heterocycles. The van der Waals surface area contributed by atoms with E-state index >= 15 is 0 Å². The third-order valence-corrected chi connectivity index (χ3v) is 4.56. The molecule has 3 rings (SSSR count). The first-order chi connectivity index (χ1) is 10.1. The zero-order chi connectivity index (χ0) is 14.8. The lowest BCUT2D eigenvalue weighted by molar-refractivity contribution is 0.0992. The SMILES string of the molecule is O=C(Cc1c(F)cccc1Cl)c1ccc(C2CCC2)cc1.